The number of ether oxygens (including phenoxy) is 1. The van der Waals surface area contributed by atoms with Crippen molar-refractivity contribution in [2.24, 2.45) is 0 Å². The average molecular weight is 574 g/mol. The van der Waals surface area contributed by atoms with Crippen molar-refractivity contribution in [1.29, 1.82) is 0 Å². The van der Waals surface area contributed by atoms with E-state index in [-0.39, 0.29) is 23.8 Å². The summed E-state index contributed by atoms with van der Waals surface area (Å²) < 4.78 is 33.5. The maximum Gasteiger partial charge on any atom is 0.243 e. The molecule has 214 valence electrons. The fourth-order valence-electron chi connectivity index (χ4n) is 4.69. The number of amides is 2. The van der Waals surface area contributed by atoms with Gasteiger partial charge in [0.2, 0.25) is 21.8 Å². The van der Waals surface area contributed by atoms with Crippen LogP contribution in [-0.4, -0.2) is 62.7 Å². The lowest BCUT2D eigenvalue weighted by Crippen LogP contribution is -2.53. The number of carbonyl (C=O) groups is 2. The molecule has 0 radical (unpaired) electrons. The Morgan fingerprint density at radius 1 is 0.854 bits per heavy atom. The zero-order valence-corrected chi connectivity index (χ0v) is 24.3. The second kappa shape index (κ2) is 13.4. The summed E-state index contributed by atoms with van der Waals surface area (Å²) in [7, 11) is -1.06. The number of sulfonamides is 1. The lowest BCUT2D eigenvalue weighted by atomic mass is 10.0. The number of methoxy groups -OCH3 is 1. The molecule has 1 unspecified atom stereocenters. The van der Waals surface area contributed by atoms with Crippen molar-refractivity contribution in [3.05, 3.63) is 108 Å². The smallest absolute Gasteiger partial charge is 0.243 e. The maximum absolute atomic E-state index is 14.0. The van der Waals surface area contributed by atoms with Crippen LogP contribution >= 0.6 is 0 Å². The van der Waals surface area contributed by atoms with Gasteiger partial charge in [0.25, 0.3) is 0 Å². The Hall–Kier alpha value is -4.21. The van der Waals surface area contributed by atoms with Gasteiger partial charge in [0.05, 0.1) is 18.6 Å². The summed E-state index contributed by atoms with van der Waals surface area (Å²) in [4.78, 5) is 28.9. The number of hydrogen-bond acceptors (Lipinski definition) is 5. The Morgan fingerprint density at radius 3 is 2.24 bits per heavy atom. The van der Waals surface area contributed by atoms with Crippen molar-refractivity contribution in [2.45, 2.75) is 30.8 Å². The van der Waals surface area contributed by atoms with Gasteiger partial charge in [-0.3, -0.25) is 9.59 Å². The maximum atomic E-state index is 14.0. The number of nitrogens with zero attached hydrogens (tertiary/aromatic N) is 2. The van der Waals surface area contributed by atoms with Gasteiger partial charge >= 0.3 is 0 Å². The number of fused-ring (bicyclic) bond motifs is 1. The van der Waals surface area contributed by atoms with Gasteiger partial charge in [-0.05, 0) is 53.1 Å². The first kappa shape index (κ1) is 29.8. The molecule has 9 heteroatoms. The van der Waals surface area contributed by atoms with Crippen molar-refractivity contribution in [3.8, 4) is 5.75 Å². The molecule has 0 aliphatic rings. The van der Waals surface area contributed by atoms with E-state index >= 15 is 0 Å². The van der Waals surface area contributed by atoms with E-state index in [1.165, 1.54) is 11.9 Å². The predicted molar refractivity (Wildman–Crippen MR) is 160 cm³/mol. The van der Waals surface area contributed by atoms with E-state index in [4.69, 9.17) is 4.74 Å². The van der Waals surface area contributed by atoms with Crippen molar-refractivity contribution in [3.63, 3.8) is 0 Å². The topological polar surface area (TPSA) is 96.0 Å². The third-order valence-electron chi connectivity index (χ3n) is 6.90. The highest BCUT2D eigenvalue weighted by Gasteiger charge is 2.33. The van der Waals surface area contributed by atoms with Crippen molar-refractivity contribution in [2.75, 3.05) is 27.2 Å². The molecule has 4 aromatic carbocycles. The molecule has 0 fully saturated rings. The molecule has 0 heterocycles. The minimum Gasteiger partial charge on any atom is -0.497 e. The monoisotopic (exact) mass is 573 g/mol. The number of nitrogens with one attached hydrogen (secondary N) is 1. The van der Waals surface area contributed by atoms with Crippen LogP contribution in [0.5, 0.6) is 5.75 Å². The fraction of sp³-hybridized carbons (Fsp3) is 0.250. The van der Waals surface area contributed by atoms with Crippen LogP contribution in [0.3, 0.4) is 0 Å². The third kappa shape index (κ3) is 7.31. The fourth-order valence-corrected chi connectivity index (χ4v) is 5.84. The van der Waals surface area contributed by atoms with Gasteiger partial charge in [0.1, 0.15) is 11.8 Å². The Morgan fingerprint density at radius 2 is 1.54 bits per heavy atom. The number of likely N-dealkylation sites (N-methyl/N-ethyl adjacent to an activating group) is 2. The van der Waals surface area contributed by atoms with Crippen LogP contribution in [0.1, 0.15) is 18.1 Å². The summed E-state index contributed by atoms with van der Waals surface area (Å²) in [6, 6.07) is 28.2. The molecule has 4 rings (SSSR count). The number of hydrogen-bond donors (Lipinski definition) is 1. The molecule has 0 saturated heterocycles. The Balaban J connectivity index is 1.67. The van der Waals surface area contributed by atoms with E-state index < -0.39 is 28.5 Å². The SMILES string of the molecule is CCNC(=O)C(Cc1ccccc1)N(Cc1cccc(OC)c1)C(=O)CN(C)S(=O)(=O)c1ccc2ccccc2c1. The van der Waals surface area contributed by atoms with Gasteiger partial charge in [-0.15, -0.1) is 0 Å². The highest BCUT2D eigenvalue weighted by atomic mass is 32.2. The Bertz CT molecular complexity index is 1610. The summed E-state index contributed by atoms with van der Waals surface area (Å²) in [5, 5.41) is 4.55. The van der Waals surface area contributed by atoms with Crippen LogP contribution in [0, 0.1) is 0 Å². The molecule has 0 aromatic heterocycles. The molecule has 41 heavy (non-hydrogen) atoms. The lowest BCUT2D eigenvalue weighted by Gasteiger charge is -2.32. The Labute approximate surface area is 241 Å². The second-order valence-corrected chi connectivity index (χ2v) is 11.8. The van der Waals surface area contributed by atoms with Crippen molar-refractivity contribution in [1.82, 2.24) is 14.5 Å². The molecular formula is C32H35N3O5S. The van der Waals surface area contributed by atoms with Crippen LogP contribution in [0.2, 0.25) is 0 Å². The van der Waals surface area contributed by atoms with E-state index in [9.17, 15) is 18.0 Å². The van der Waals surface area contributed by atoms with Crippen molar-refractivity contribution >= 4 is 32.6 Å². The van der Waals surface area contributed by atoms with E-state index in [1.807, 2.05) is 73.7 Å². The van der Waals surface area contributed by atoms with Gasteiger partial charge < -0.3 is 15.0 Å². The van der Waals surface area contributed by atoms with Crippen LogP contribution in [0.25, 0.3) is 10.8 Å². The zero-order chi connectivity index (χ0) is 29.4. The van der Waals surface area contributed by atoms with Gasteiger partial charge in [-0.1, -0.05) is 72.8 Å². The quantitative estimate of drug-likeness (QED) is 0.274. The highest BCUT2D eigenvalue weighted by molar-refractivity contribution is 7.89. The molecule has 0 aliphatic heterocycles. The first-order valence-corrected chi connectivity index (χ1v) is 14.9. The minimum atomic E-state index is -3.99. The molecule has 1 N–H and O–H groups in total. The molecule has 4 aromatic rings. The van der Waals surface area contributed by atoms with Gasteiger partial charge in [0, 0.05) is 26.6 Å². The summed E-state index contributed by atoms with van der Waals surface area (Å²) >= 11 is 0. The number of carbonyl (C=O) groups excluding carboxylic acids is 2. The van der Waals surface area contributed by atoms with E-state index in [1.54, 1.807) is 37.4 Å². The van der Waals surface area contributed by atoms with Crippen LogP contribution in [0.4, 0.5) is 0 Å². The molecule has 0 bridgehead atoms. The van der Waals surface area contributed by atoms with Gasteiger partial charge in [0.15, 0.2) is 0 Å². The molecule has 0 aliphatic carbocycles. The molecular weight excluding hydrogens is 538 g/mol. The molecule has 0 saturated carbocycles. The number of benzene rings is 4. The first-order valence-electron chi connectivity index (χ1n) is 13.4. The lowest BCUT2D eigenvalue weighted by molar-refractivity contribution is -0.141. The van der Waals surface area contributed by atoms with Crippen LogP contribution in [0.15, 0.2) is 102 Å². The molecule has 8 nitrogen and oxygen atoms in total. The van der Waals surface area contributed by atoms with E-state index in [0.29, 0.717) is 12.3 Å². The predicted octanol–water partition coefficient (Wildman–Crippen LogP) is 4.25. The van der Waals surface area contributed by atoms with Gasteiger partial charge in [-0.25, -0.2) is 8.42 Å². The summed E-state index contributed by atoms with van der Waals surface area (Å²) in [6.07, 6.45) is 0.267. The standard InChI is InChI=1S/C32H35N3O5S/c1-4-33-32(37)30(20-24-11-6-5-7-12-24)35(22-25-13-10-16-28(19-25)40-3)31(36)23-34(2)41(38,39)29-18-17-26-14-8-9-15-27(26)21-29/h5-19,21,30H,4,20,22-23H2,1-3H3,(H,33,37). The molecule has 0 spiro atoms. The summed E-state index contributed by atoms with van der Waals surface area (Å²) in [5.74, 6) is -0.192. The average Bonchev–Trinajstić information content (AvgIpc) is 2.99. The first-order chi connectivity index (χ1) is 19.7. The Kier molecular flexibility index (Phi) is 9.75. The normalized spacial score (nSPS) is 12.2. The summed E-state index contributed by atoms with van der Waals surface area (Å²) in [6.45, 7) is 1.86. The zero-order valence-electron chi connectivity index (χ0n) is 23.5. The largest absolute Gasteiger partial charge is 0.497 e. The minimum absolute atomic E-state index is 0.0918. The van der Waals surface area contributed by atoms with Crippen LogP contribution in [-0.2, 0) is 32.6 Å². The van der Waals surface area contributed by atoms with Crippen molar-refractivity contribution < 1.29 is 22.7 Å². The van der Waals surface area contributed by atoms with Gasteiger partial charge in [-0.2, -0.15) is 4.31 Å². The number of rotatable bonds is 12. The highest BCUT2D eigenvalue weighted by Crippen LogP contribution is 2.23. The molecule has 1 atom stereocenters. The van der Waals surface area contributed by atoms with E-state index in [2.05, 4.69) is 5.32 Å². The summed E-state index contributed by atoms with van der Waals surface area (Å²) in [5.41, 5.74) is 1.63. The van der Waals surface area contributed by atoms with Crippen LogP contribution < -0.4 is 10.1 Å². The van der Waals surface area contributed by atoms with E-state index in [0.717, 1.165) is 26.2 Å². The second-order valence-electron chi connectivity index (χ2n) is 9.74. The molecule has 2 amide bonds. The third-order valence-corrected chi connectivity index (χ3v) is 8.70.